The molecule has 5 nitrogen and oxygen atoms in total. The number of nitrogens with one attached hydrogen (secondary N) is 1. The number of carboxylic acids is 1. The SMILES string of the molecule is O=C(O)C1(NC2CCOC3(CCOC3)C2)CC1. The van der Waals surface area contributed by atoms with Crippen LogP contribution >= 0.6 is 0 Å². The van der Waals surface area contributed by atoms with Gasteiger partial charge < -0.3 is 14.6 Å². The Balaban J connectivity index is 1.62. The molecule has 0 amide bonds. The minimum atomic E-state index is -0.708. The molecule has 3 rings (SSSR count). The van der Waals surface area contributed by atoms with Crippen molar-refractivity contribution >= 4 is 5.97 Å². The van der Waals surface area contributed by atoms with Gasteiger partial charge in [0.2, 0.25) is 0 Å². The van der Waals surface area contributed by atoms with Crippen molar-refractivity contribution in [3.63, 3.8) is 0 Å². The summed E-state index contributed by atoms with van der Waals surface area (Å²) >= 11 is 0. The van der Waals surface area contributed by atoms with Crippen LogP contribution in [0.15, 0.2) is 0 Å². The van der Waals surface area contributed by atoms with E-state index in [1.54, 1.807) is 0 Å². The lowest BCUT2D eigenvalue weighted by molar-refractivity contribution is -0.142. The summed E-state index contributed by atoms with van der Waals surface area (Å²) in [5, 5.41) is 12.5. The highest BCUT2D eigenvalue weighted by Gasteiger charge is 2.52. The fourth-order valence-electron chi connectivity index (χ4n) is 2.95. The van der Waals surface area contributed by atoms with Crippen LogP contribution in [-0.2, 0) is 14.3 Å². The van der Waals surface area contributed by atoms with E-state index >= 15 is 0 Å². The molecule has 1 spiro atoms. The molecule has 1 saturated carbocycles. The first-order chi connectivity index (χ1) is 8.14. The van der Waals surface area contributed by atoms with Crippen molar-refractivity contribution in [3.05, 3.63) is 0 Å². The minimum Gasteiger partial charge on any atom is -0.480 e. The van der Waals surface area contributed by atoms with E-state index in [2.05, 4.69) is 5.32 Å². The number of ether oxygens (including phenoxy) is 2. The number of hydrogen-bond acceptors (Lipinski definition) is 4. The summed E-state index contributed by atoms with van der Waals surface area (Å²) in [7, 11) is 0. The maximum Gasteiger partial charge on any atom is 0.323 e. The van der Waals surface area contributed by atoms with Crippen LogP contribution in [0.3, 0.4) is 0 Å². The maximum absolute atomic E-state index is 11.2. The number of carboxylic acid groups (broad SMARTS) is 1. The zero-order valence-electron chi connectivity index (χ0n) is 9.91. The molecule has 3 fully saturated rings. The Morgan fingerprint density at radius 3 is 2.71 bits per heavy atom. The third-order valence-electron chi connectivity index (χ3n) is 4.20. The molecule has 5 heteroatoms. The van der Waals surface area contributed by atoms with Crippen LogP contribution in [0.5, 0.6) is 0 Å². The van der Waals surface area contributed by atoms with Gasteiger partial charge in [0.1, 0.15) is 5.54 Å². The molecular formula is C12H19NO4. The van der Waals surface area contributed by atoms with Crippen molar-refractivity contribution in [2.45, 2.75) is 49.3 Å². The van der Waals surface area contributed by atoms with E-state index in [9.17, 15) is 9.90 Å². The predicted molar refractivity (Wildman–Crippen MR) is 59.9 cm³/mol. The first-order valence-corrected chi connectivity index (χ1v) is 6.37. The first-order valence-electron chi connectivity index (χ1n) is 6.37. The topological polar surface area (TPSA) is 67.8 Å². The van der Waals surface area contributed by atoms with Gasteiger partial charge in [-0.25, -0.2) is 0 Å². The molecule has 96 valence electrons. The minimum absolute atomic E-state index is 0.148. The molecule has 17 heavy (non-hydrogen) atoms. The van der Waals surface area contributed by atoms with E-state index in [0.717, 1.165) is 38.7 Å². The molecule has 0 aromatic heterocycles. The number of rotatable bonds is 3. The van der Waals surface area contributed by atoms with E-state index < -0.39 is 11.5 Å². The third-order valence-corrected chi connectivity index (χ3v) is 4.20. The quantitative estimate of drug-likeness (QED) is 0.754. The highest BCUT2D eigenvalue weighted by Crippen LogP contribution is 2.39. The van der Waals surface area contributed by atoms with Gasteiger partial charge in [0.15, 0.2) is 0 Å². The molecule has 0 bridgehead atoms. The molecule has 1 aliphatic carbocycles. The number of carbonyl (C=O) groups is 1. The Bertz CT molecular complexity index is 320. The number of hydrogen-bond donors (Lipinski definition) is 2. The van der Waals surface area contributed by atoms with Crippen molar-refractivity contribution in [1.29, 1.82) is 0 Å². The normalized spacial score (nSPS) is 39.4. The average Bonchev–Trinajstić information content (AvgIpc) is 2.95. The van der Waals surface area contributed by atoms with Gasteiger partial charge in [0, 0.05) is 25.7 Å². The average molecular weight is 241 g/mol. The summed E-state index contributed by atoms with van der Waals surface area (Å²) in [6, 6.07) is 0.254. The van der Waals surface area contributed by atoms with Crippen LogP contribution in [0, 0.1) is 0 Å². The van der Waals surface area contributed by atoms with Gasteiger partial charge in [-0.1, -0.05) is 0 Å². The van der Waals surface area contributed by atoms with Gasteiger partial charge >= 0.3 is 5.97 Å². The Hall–Kier alpha value is -0.650. The molecular weight excluding hydrogens is 222 g/mol. The van der Waals surface area contributed by atoms with Crippen molar-refractivity contribution in [1.82, 2.24) is 5.32 Å². The van der Waals surface area contributed by atoms with Gasteiger partial charge in [-0.05, 0) is 25.7 Å². The molecule has 0 radical (unpaired) electrons. The molecule has 0 aromatic carbocycles. The Morgan fingerprint density at radius 2 is 2.12 bits per heavy atom. The van der Waals surface area contributed by atoms with Crippen molar-refractivity contribution in [2.75, 3.05) is 19.8 Å². The summed E-state index contributed by atoms with van der Waals surface area (Å²) in [4.78, 5) is 11.2. The number of aliphatic carboxylic acids is 1. The molecule has 2 atom stereocenters. The Labute approximate surface area is 100 Å². The lowest BCUT2D eigenvalue weighted by Crippen LogP contribution is -2.53. The fourth-order valence-corrected chi connectivity index (χ4v) is 2.95. The van der Waals surface area contributed by atoms with E-state index in [1.807, 2.05) is 0 Å². The van der Waals surface area contributed by atoms with Crippen molar-refractivity contribution in [3.8, 4) is 0 Å². The van der Waals surface area contributed by atoms with Crippen LogP contribution < -0.4 is 5.32 Å². The Kier molecular flexibility index (Phi) is 2.65. The summed E-state index contributed by atoms with van der Waals surface area (Å²) in [5.74, 6) is -0.708. The van der Waals surface area contributed by atoms with Crippen molar-refractivity contribution < 1.29 is 19.4 Å². The lowest BCUT2D eigenvalue weighted by Gasteiger charge is -2.38. The monoisotopic (exact) mass is 241 g/mol. The second-order valence-corrected chi connectivity index (χ2v) is 5.56. The second kappa shape index (κ2) is 3.93. The standard InChI is InChI=1S/C12H19NO4/c14-10(15)12(2-3-12)13-9-1-5-17-11(7-9)4-6-16-8-11/h9,13H,1-8H2,(H,14,15). The van der Waals surface area contributed by atoms with Crippen LogP contribution in [0.1, 0.15) is 32.1 Å². The molecule has 2 N–H and O–H groups in total. The summed E-state index contributed by atoms with van der Waals surface area (Å²) < 4.78 is 11.2. The van der Waals surface area contributed by atoms with E-state index in [-0.39, 0.29) is 11.6 Å². The van der Waals surface area contributed by atoms with Gasteiger partial charge in [-0.15, -0.1) is 0 Å². The van der Waals surface area contributed by atoms with E-state index in [1.165, 1.54) is 0 Å². The second-order valence-electron chi connectivity index (χ2n) is 5.56. The summed E-state index contributed by atoms with van der Waals surface area (Å²) in [6.07, 6.45) is 4.22. The fraction of sp³-hybridized carbons (Fsp3) is 0.917. The summed E-state index contributed by atoms with van der Waals surface area (Å²) in [6.45, 7) is 2.12. The lowest BCUT2D eigenvalue weighted by atomic mass is 9.89. The van der Waals surface area contributed by atoms with E-state index in [0.29, 0.717) is 13.2 Å². The van der Waals surface area contributed by atoms with Crippen LogP contribution in [-0.4, -0.2) is 48.1 Å². The third kappa shape index (κ3) is 2.07. The molecule has 2 unspecified atom stereocenters. The van der Waals surface area contributed by atoms with Gasteiger partial charge in [0.25, 0.3) is 0 Å². The zero-order chi connectivity index (χ0) is 11.9. The molecule has 0 aromatic rings. The van der Waals surface area contributed by atoms with Gasteiger partial charge in [-0.2, -0.15) is 0 Å². The predicted octanol–water partition coefficient (Wildman–Crippen LogP) is 0.531. The van der Waals surface area contributed by atoms with Gasteiger partial charge in [-0.3, -0.25) is 10.1 Å². The van der Waals surface area contributed by atoms with Crippen LogP contribution in [0.2, 0.25) is 0 Å². The Morgan fingerprint density at radius 1 is 1.29 bits per heavy atom. The van der Waals surface area contributed by atoms with E-state index in [4.69, 9.17) is 9.47 Å². The molecule has 2 heterocycles. The first kappa shape index (κ1) is 11.4. The maximum atomic E-state index is 11.2. The highest BCUT2D eigenvalue weighted by molar-refractivity contribution is 5.82. The smallest absolute Gasteiger partial charge is 0.323 e. The highest BCUT2D eigenvalue weighted by atomic mass is 16.6. The molecule has 3 aliphatic rings. The molecule has 2 aliphatic heterocycles. The van der Waals surface area contributed by atoms with Crippen LogP contribution in [0.25, 0.3) is 0 Å². The van der Waals surface area contributed by atoms with Crippen LogP contribution in [0.4, 0.5) is 0 Å². The summed E-state index contributed by atoms with van der Waals surface area (Å²) in [5.41, 5.74) is -0.785. The largest absolute Gasteiger partial charge is 0.480 e. The zero-order valence-corrected chi connectivity index (χ0v) is 9.91. The van der Waals surface area contributed by atoms with Crippen molar-refractivity contribution in [2.24, 2.45) is 0 Å². The van der Waals surface area contributed by atoms with Gasteiger partial charge in [0.05, 0.1) is 12.2 Å². The molecule has 2 saturated heterocycles.